The largest absolute Gasteiger partial charge is 0.497 e. The highest BCUT2D eigenvalue weighted by atomic mass is 35.5. The highest BCUT2D eigenvalue weighted by Crippen LogP contribution is 2.38. The first-order valence-electron chi connectivity index (χ1n) is 5.72. The molecule has 4 heteroatoms. The fraction of sp³-hybridized carbons (Fsp3) is 0.538. The molecule has 0 aromatic heterocycles. The van der Waals surface area contributed by atoms with Crippen LogP contribution in [0, 0.1) is 0 Å². The number of alkyl halides is 1. The van der Waals surface area contributed by atoms with Crippen molar-refractivity contribution < 1.29 is 14.2 Å². The molecule has 2 unspecified atom stereocenters. The molecule has 0 N–H and O–H groups in total. The molecule has 0 amide bonds. The van der Waals surface area contributed by atoms with E-state index in [2.05, 4.69) is 0 Å². The Morgan fingerprint density at radius 3 is 2.59 bits per heavy atom. The third kappa shape index (κ3) is 2.57. The van der Waals surface area contributed by atoms with Crippen LogP contribution in [0.15, 0.2) is 24.3 Å². The summed E-state index contributed by atoms with van der Waals surface area (Å²) in [7, 11) is 1.65. The smallest absolute Gasteiger partial charge is 0.196 e. The second-order valence-corrected chi connectivity index (χ2v) is 4.54. The van der Waals surface area contributed by atoms with Crippen LogP contribution >= 0.6 is 11.6 Å². The van der Waals surface area contributed by atoms with Crippen LogP contribution in [-0.4, -0.2) is 25.7 Å². The van der Waals surface area contributed by atoms with E-state index in [1.54, 1.807) is 7.11 Å². The Hall–Kier alpha value is -0.770. The van der Waals surface area contributed by atoms with E-state index in [0.29, 0.717) is 18.9 Å². The van der Waals surface area contributed by atoms with Crippen LogP contribution in [0.5, 0.6) is 5.75 Å². The molecule has 0 aliphatic carbocycles. The molecule has 17 heavy (non-hydrogen) atoms. The highest BCUT2D eigenvalue weighted by Gasteiger charge is 2.41. The molecular formula is C13H17ClO3. The van der Waals surface area contributed by atoms with Crippen LogP contribution in [0.2, 0.25) is 0 Å². The Kier molecular flexibility index (Phi) is 3.92. The molecular weight excluding hydrogens is 240 g/mol. The Labute approximate surface area is 107 Å². The molecule has 0 spiro atoms. The van der Waals surface area contributed by atoms with E-state index in [4.69, 9.17) is 25.8 Å². The molecule has 0 bridgehead atoms. The summed E-state index contributed by atoms with van der Waals surface area (Å²) in [4.78, 5) is 0. The van der Waals surface area contributed by atoms with Gasteiger partial charge in [0.15, 0.2) is 5.79 Å². The Balaban J connectivity index is 2.26. The van der Waals surface area contributed by atoms with E-state index < -0.39 is 5.79 Å². The van der Waals surface area contributed by atoms with Gasteiger partial charge in [0.1, 0.15) is 5.75 Å². The minimum Gasteiger partial charge on any atom is -0.497 e. The second kappa shape index (κ2) is 5.25. The van der Waals surface area contributed by atoms with Gasteiger partial charge in [-0.25, -0.2) is 0 Å². The van der Waals surface area contributed by atoms with Gasteiger partial charge in [-0.2, -0.15) is 0 Å². The van der Waals surface area contributed by atoms with Crippen molar-refractivity contribution in [1.82, 2.24) is 0 Å². The number of methoxy groups -OCH3 is 1. The predicted octanol–water partition coefficient (Wildman–Crippen LogP) is 2.91. The van der Waals surface area contributed by atoms with Gasteiger partial charge in [-0.3, -0.25) is 0 Å². The average Bonchev–Trinajstić information content (AvgIpc) is 2.73. The van der Waals surface area contributed by atoms with Crippen LogP contribution in [-0.2, 0) is 15.3 Å². The molecule has 1 aliphatic rings. The molecule has 1 fully saturated rings. The molecule has 3 nitrogen and oxygen atoms in total. The summed E-state index contributed by atoms with van der Waals surface area (Å²) in [5, 5.41) is 0. The summed E-state index contributed by atoms with van der Waals surface area (Å²) in [6.07, 6.45) is 0.742. The van der Waals surface area contributed by atoms with E-state index >= 15 is 0 Å². The average molecular weight is 257 g/mol. The molecule has 0 saturated carbocycles. The van der Waals surface area contributed by atoms with Crippen LogP contribution in [0.1, 0.15) is 18.9 Å². The molecule has 1 aliphatic heterocycles. The Morgan fingerprint density at radius 1 is 1.41 bits per heavy atom. The highest BCUT2D eigenvalue weighted by molar-refractivity contribution is 6.17. The lowest BCUT2D eigenvalue weighted by molar-refractivity contribution is -0.176. The Bertz CT molecular complexity index is 361. The standard InChI is InChI=1S/C13H17ClO3/c1-10-9-16-13(17-10,7-8-14)11-3-5-12(15-2)6-4-11/h3-6,10H,7-9H2,1-2H3. The van der Waals surface area contributed by atoms with Crippen LogP contribution in [0.4, 0.5) is 0 Å². The fourth-order valence-corrected chi connectivity index (χ4v) is 2.29. The lowest BCUT2D eigenvalue weighted by atomic mass is 10.0. The molecule has 1 saturated heterocycles. The summed E-state index contributed by atoms with van der Waals surface area (Å²) < 4.78 is 16.8. The van der Waals surface area contributed by atoms with Crippen molar-refractivity contribution in [2.45, 2.75) is 25.2 Å². The van der Waals surface area contributed by atoms with Gasteiger partial charge < -0.3 is 14.2 Å². The SMILES string of the molecule is COc1ccc(C2(CCCl)OCC(C)O2)cc1. The molecule has 1 heterocycles. The summed E-state index contributed by atoms with van der Waals surface area (Å²) >= 11 is 5.84. The van der Waals surface area contributed by atoms with E-state index in [0.717, 1.165) is 11.3 Å². The zero-order valence-electron chi connectivity index (χ0n) is 10.1. The molecule has 0 radical (unpaired) electrons. The van der Waals surface area contributed by atoms with Crippen LogP contribution in [0.25, 0.3) is 0 Å². The molecule has 1 aromatic rings. The number of benzene rings is 1. The Morgan fingerprint density at radius 2 is 2.12 bits per heavy atom. The fourth-order valence-electron chi connectivity index (χ4n) is 2.04. The van der Waals surface area contributed by atoms with Gasteiger partial charge in [0.05, 0.1) is 19.8 Å². The van der Waals surface area contributed by atoms with Gasteiger partial charge in [-0.15, -0.1) is 11.6 Å². The van der Waals surface area contributed by atoms with Gasteiger partial charge in [0, 0.05) is 17.9 Å². The molecule has 94 valence electrons. The summed E-state index contributed by atoms with van der Waals surface area (Å²) in [5.41, 5.74) is 0.989. The predicted molar refractivity (Wildman–Crippen MR) is 66.5 cm³/mol. The maximum absolute atomic E-state index is 5.90. The molecule has 1 aromatic carbocycles. The maximum Gasteiger partial charge on any atom is 0.196 e. The van der Waals surface area contributed by atoms with Crippen molar-refractivity contribution in [2.24, 2.45) is 0 Å². The summed E-state index contributed by atoms with van der Waals surface area (Å²) in [6.45, 7) is 2.60. The zero-order valence-corrected chi connectivity index (χ0v) is 10.9. The number of hydrogen-bond acceptors (Lipinski definition) is 3. The maximum atomic E-state index is 5.90. The molecule has 2 rings (SSSR count). The van der Waals surface area contributed by atoms with Gasteiger partial charge >= 0.3 is 0 Å². The number of hydrogen-bond donors (Lipinski definition) is 0. The topological polar surface area (TPSA) is 27.7 Å². The van der Waals surface area contributed by atoms with Gasteiger partial charge in [-0.1, -0.05) is 0 Å². The van der Waals surface area contributed by atoms with E-state index in [9.17, 15) is 0 Å². The minimum atomic E-state index is -0.687. The zero-order chi connectivity index (χ0) is 12.3. The van der Waals surface area contributed by atoms with Crippen molar-refractivity contribution in [3.05, 3.63) is 29.8 Å². The van der Waals surface area contributed by atoms with Crippen LogP contribution < -0.4 is 4.74 Å². The van der Waals surface area contributed by atoms with Crippen molar-refractivity contribution in [3.8, 4) is 5.75 Å². The summed E-state index contributed by atoms with van der Waals surface area (Å²) in [6, 6.07) is 7.73. The van der Waals surface area contributed by atoms with Gasteiger partial charge in [0.25, 0.3) is 0 Å². The quantitative estimate of drug-likeness (QED) is 0.776. The van der Waals surface area contributed by atoms with Crippen LogP contribution in [0.3, 0.4) is 0 Å². The first kappa shape index (κ1) is 12.7. The van der Waals surface area contributed by atoms with Crippen molar-refractivity contribution in [1.29, 1.82) is 0 Å². The number of rotatable bonds is 4. The first-order chi connectivity index (χ1) is 8.20. The van der Waals surface area contributed by atoms with Gasteiger partial charge in [-0.05, 0) is 31.2 Å². The lowest BCUT2D eigenvalue weighted by Gasteiger charge is -2.27. The first-order valence-corrected chi connectivity index (χ1v) is 6.26. The van der Waals surface area contributed by atoms with Gasteiger partial charge in [0.2, 0.25) is 0 Å². The van der Waals surface area contributed by atoms with E-state index in [1.165, 1.54) is 0 Å². The molecule has 2 atom stereocenters. The monoisotopic (exact) mass is 256 g/mol. The second-order valence-electron chi connectivity index (χ2n) is 4.16. The van der Waals surface area contributed by atoms with Crippen molar-refractivity contribution >= 4 is 11.6 Å². The lowest BCUT2D eigenvalue weighted by Crippen LogP contribution is -2.28. The number of halogens is 1. The third-order valence-electron chi connectivity index (χ3n) is 2.90. The normalized spacial score (nSPS) is 28.3. The van der Waals surface area contributed by atoms with E-state index in [1.807, 2.05) is 31.2 Å². The number of ether oxygens (including phenoxy) is 3. The van der Waals surface area contributed by atoms with Crippen molar-refractivity contribution in [2.75, 3.05) is 19.6 Å². The minimum absolute atomic E-state index is 0.0975. The summed E-state index contributed by atoms with van der Waals surface area (Å²) in [5.74, 6) is 0.632. The third-order valence-corrected chi connectivity index (χ3v) is 3.09. The van der Waals surface area contributed by atoms with E-state index in [-0.39, 0.29) is 6.10 Å². The van der Waals surface area contributed by atoms with Crippen molar-refractivity contribution in [3.63, 3.8) is 0 Å².